The number of nitriles is 1. The molecule has 1 aromatic heterocycles. The SMILES string of the molecule is C=C(Br)CNc1cc(C#N)ccn1. The molecule has 0 unspecified atom stereocenters. The Kier molecular flexibility index (Phi) is 3.47. The predicted molar refractivity (Wildman–Crippen MR) is 55.5 cm³/mol. The zero-order valence-electron chi connectivity index (χ0n) is 6.92. The van der Waals surface area contributed by atoms with E-state index in [4.69, 9.17) is 5.26 Å². The number of nitrogens with one attached hydrogen (secondary N) is 1. The molecule has 1 rings (SSSR count). The molecule has 0 aliphatic rings. The van der Waals surface area contributed by atoms with E-state index in [1.54, 1.807) is 18.3 Å². The van der Waals surface area contributed by atoms with Gasteiger partial charge in [0.25, 0.3) is 0 Å². The van der Waals surface area contributed by atoms with Crippen molar-refractivity contribution in [3.8, 4) is 6.07 Å². The molecule has 0 radical (unpaired) electrons. The number of anilines is 1. The van der Waals surface area contributed by atoms with E-state index in [0.29, 0.717) is 17.9 Å². The van der Waals surface area contributed by atoms with Crippen molar-refractivity contribution in [2.45, 2.75) is 0 Å². The summed E-state index contributed by atoms with van der Waals surface area (Å²) in [6.07, 6.45) is 1.60. The second-order valence-corrected chi connectivity index (χ2v) is 3.53. The first-order valence-corrected chi connectivity index (χ1v) is 4.45. The maximum Gasteiger partial charge on any atom is 0.127 e. The van der Waals surface area contributed by atoms with E-state index in [2.05, 4.69) is 32.8 Å². The second-order valence-electron chi connectivity index (χ2n) is 2.41. The van der Waals surface area contributed by atoms with Crippen molar-refractivity contribution >= 4 is 21.7 Å². The van der Waals surface area contributed by atoms with E-state index >= 15 is 0 Å². The lowest BCUT2D eigenvalue weighted by Crippen LogP contribution is -2.02. The molecule has 0 bridgehead atoms. The molecule has 0 aromatic carbocycles. The van der Waals surface area contributed by atoms with Gasteiger partial charge in [0.05, 0.1) is 11.6 Å². The third-order valence-electron chi connectivity index (χ3n) is 1.35. The lowest BCUT2D eigenvalue weighted by atomic mass is 10.3. The van der Waals surface area contributed by atoms with Crippen molar-refractivity contribution in [1.29, 1.82) is 5.26 Å². The summed E-state index contributed by atoms with van der Waals surface area (Å²) in [6.45, 7) is 4.27. The Morgan fingerprint density at radius 1 is 1.77 bits per heavy atom. The number of pyridine rings is 1. The fourth-order valence-electron chi connectivity index (χ4n) is 0.783. The number of aromatic nitrogens is 1. The van der Waals surface area contributed by atoms with Crippen molar-refractivity contribution in [2.24, 2.45) is 0 Å². The van der Waals surface area contributed by atoms with E-state index in [0.717, 1.165) is 4.48 Å². The molecular formula is C9H8BrN3. The third-order valence-corrected chi connectivity index (χ3v) is 1.63. The standard InChI is InChI=1S/C9H8BrN3/c1-7(10)6-13-9-4-8(5-11)2-3-12-9/h2-4H,1,6H2,(H,12,13). The van der Waals surface area contributed by atoms with Crippen LogP contribution < -0.4 is 5.32 Å². The van der Waals surface area contributed by atoms with Gasteiger partial charge in [-0.05, 0) is 12.1 Å². The summed E-state index contributed by atoms with van der Waals surface area (Å²) in [4.78, 5) is 4.04. The van der Waals surface area contributed by atoms with Crippen LogP contribution in [0.5, 0.6) is 0 Å². The van der Waals surface area contributed by atoms with Gasteiger partial charge in [-0.1, -0.05) is 22.5 Å². The Morgan fingerprint density at radius 2 is 2.54 bits per heavy atom. The van der Waals surface area contributed by atoms with Crippen LogP contribution >= 0.6 is 15.9 Å². The maximum atomic E-state index is 8.61. The van der Waals surface area contributed by atoms with Crippen LogP contribution in [0.3, 0.4) is 0 Å². The van der Waals surface area contributed by atoms with Crippen LogP contribution in [0, 0.1) is 11.3 Å². The third kappa shape index (κ3) is 3.26. The maximum absolute atomic E-state index is 8.61. The number of hydrogen-bond donors (Lipinski definition) is 1. The van der Waals surface area contributed by atoms with E-state index in [1.165, 1.54) is 0 Å². The van der Waals surface area contributed by atoms with Crippen LogP contribution in [0.25, 0.3) is 0 Å². The molecule has 0 fully saturated rings. The van der Waals surface area contributed by atoms with Crippen molar-refractivity contribution < 1.29 is 0 Å². The molecule has 4 heteroatoms. The Balaban J connectivity index is 2.68. The van der Waals surface area contributed by atoms with Crippen molar-refractivity contribution in [3.63, 3.8) is 0 Å². The molecule has 66 valence electrons. The summed E-state index contributed by atoms with van der Waals surface area (Å²) in [6, 6.07) is 5.39. The lowest BCUT2D eigenvalue weighted by molar-refractivity contribution is 1.22. The van der Waals surface area contributed by atoms with Crippen LogP contribution in [0.15, 0.2) is 29.4 Å². The highest BCUT2D eigenvalue weighted by molar-refractivity contribution is 9.11. The molecule has 0 spiro atoms. The molecule has 13 heavy (non-hydrogen) atoms. The molecule has 0 saturated heterocycles. The monoisotopic (exact) mass is 237 g/mol. The normalized spacial score (nSPS) is 8.92. The topological polar surface area (TPSA) is 48.7 Å². The molecule has 1 N–H and O–H groups in total. The number of halogens is 1. The molecule has 1 heterocycles. The smallest absolute Gasteiger partial charge is 0.127 e. The average Bonchev–Trinajstić information content (AvgIpc) is 2.15. The molecule has 1 aromatic rings. The van der Waals surface area contributed by atoms with Gasteiger partial charge in [-0.2, -0.15) is 5.26 Å². The summed E-state index contributed by atoms with van der Waals surface area (Å²) < 4.78 is 0.844. The second kappa shape index (κ2) is 4.63. The summed E-state index contributed by atoms with van der Waals surface area (Å²) in [5.74, 6) is 0.680. The zero-order chi connectivity index (χ0) is 9.68. The minimum absolute atomic E-state index is 0.595. The molecule has 0 amide bonds. The molecular weight excluding hydrogens is 230 g/mol. The minimum atomic E-state index is 0.595. The van der Waals surface area contributed by atoms with Crippen LogP contribution in [-0.4, -0.2) is 11.5 Å². The largest absolute Gasteiger partial charge is 0.365 e. The Bertz CT molecular complexity index is 354. The van der Waals surface area contributed by atoms with Crippen molar-refractivity contribution in [3.05, 3.63) is 35.0 Å². The molecule has 0 atom stereocenters. The Hall–Kier alpha value is -1.34. The van der Waals surface area contributed by atoms with Gasteiger partial charge in [0.1, 0.15) is 5.82 Å². The summed E-state index contributed by atoms with van der Waals surface area (Å²) in [7, 11) is 0. The molecule has 0 aliphatic heterocycles. The minimum Gasteiger partial charge on any atom is -0.365 e. The fourth-order valence-corrected chi connectivity index (χ4v) is 0.923. The van der Waals surface area contributed by atoms with Gasteiger partial charge >= 0.3 is 0 Å². The van der Waals surface area contributed by atoms with Crippen LogP contribution in [-0.2, 0) is 0 Å². The molecule has 0 saturated carbocycles. The van der Waals surface area contributed by atoms with Crippen LogP contribution in [0.2, 0.25) is 0 Å². The summed E-state index contributed by atoms with van der Waals surface area (Å²) in [5.41, 5.74) is 0.595. The highest BCUT2D eigenvalue weighted by Gasteiger charge is 1.95. The van der Waals surface area contributed by atoms with E-state index in [9.17, 15) is 0 Å². The highest BCUT2D eigenvalue weighted by Crippen LogP contribution is 2.07. The van der Waals surface area contributed by atoms with Gasteiger partial charge in [0.15, 0.2) is 0 Å². The van der Waals surface area contributed by atoms with Crippen molar-refractivity contribution in [1.82, 2.24) is 4.98 Å². The summed E-state index contributed by atoms with van der Waals surface area (Å²) in [5, 5.41) is 11.6. The summed E-state index contributed by atoms with van der Waals surface area (Å²) >= 11 is 3.22. The first kappa shape index (κ1) is 9.75. The van der Waals surface area contributed by atoms with Crippen LogP contribution in [0.4, 0.5) is 5.82 Å². The van der Waals surface area contributed by atoms with Gasteiger partial charge in [0.2, 0.25) is 0 Å². The molecule has 3 nitrogen and oxygen atoms in total. The number of nitrogens with zero attached hydrogens (tertiary/aromatic N) is 2. The average molecular weight is 238 g/mol. The quantitative estimate of drug-likeness (QED) is 0.878. The van der Waals surface area contributed by atoms with E-state index in [1.807, 2.05) is 6.07 Å². The zero-order valence-corrected chi connectivity index (χ0v) is 8.50. The lowest BCUT2D eigenvalue weighted by Gasteiger charge is -2.03. The van der Waals surface area contributed by atoms with Gasteiger partial charge in [-0.15, -0.1) is 0 Å². The highest BCUT2D eigenvalue weighted by atomic mass is 79.9. The first-order chi connectivity index (χ1) is 6.22. The number of rotatable bonds is 3. The first-order valence-electron chi connectivity index (χ1n) is 3.65. The fraction of sp³-hybridized carbons (Fsp3) is 0.111. The van der Waals surface area contributed by atoms with Gasteiger partial charge in [-0.25, -0.2) is 4.98 Å². The van der Waals surface area contributed by atoms with Gasteiger partial charge in [-0.3, -0.25) is 0 Å². The van der Waals surface area contributed by atoms with E-state index < -0.39 is 0 Å². The van der Waals surface area contributed by atoms with Gasteiger partial charge < -0.3 is 5.32 Å². The Morgan fingerprint density at radius 3 is 3.15 bits per heavy atom. The number of hydrogen-bond acceptors (Lipinski definition) is 3. The van der Waals surface area contributed by atoms with Gasteiger partial charge in [0, 0.05) is 17.2 Å². The molecule has 0 aliphatic carbocycles. The van der Waals surface area contributed by atoms with E-state index in [-0.39, 0.29) is 0 Å². The van der Waals surface area contributed by atoms with Crippen LogP contribution in [0.1, 0.15) is 5.56 Å². The predicted octanol–water partition coefficient (Wildman–Crippen LogP) is 2.27. The Labute approximate surface area is 85.2 Å². The van der Waals surface area contributed by atoms with Crippen molar-refractivity contribution in [2.75, 3.05) is 11.9 Å².